The highest BCUT2D eigenvalue weighted by molar-refractivity contribution is 7.93. The molecule has 3 aromatic rings. The molecule has 2 unspecified atom stereocenters. The summed E-state index contributed by atoms with van der Waals surface area (Å²) in [6.07, 6.45) is 1.75. The normalized spacial score (nSPS) is 22.0. The molecule has 3 aliphatic heterocycles. The number of likely N-dealkylation sites (tertiary alicyclic amines) is 1. The molecule has 6 rings (SSSR count). The van der Waals surface area contributed by atoms with Gasteiger partial charge < -0.3 is 29.1 Å². The number of methoxy groups -OCH3 is 2. The standard InChI is InChI=1S/C34H39ClFN5O8S/c1-5-49-31-23(7-6-12-37-31)34(30-20-39(15-16-40(30)33(43)44)21-10-13-38(2)14-11-21)24-18-26(36)25(35)19-27(24)41(32(34)42)50(45,46)29-9-8-22(47-3)17-28(29)48-4/h6-9,12,17-19,21,30H,5,10-11,13-16,20H2,1-4H3,(H,43,44). The summed E-state index contributed by atoms with van der Waals surface area (Å²) in [6, 6.07) is 8.03. The number of pyridine rings is 1. The Balaban J connectivity index is 1.65. The van der Waals surface area contributed by atoms with Crippen LogP contribution in [0.2, 0.25) is 5.02 Å². The number of anilines is 1. The molecule has 0 aliphatic carbocycles. The van der Waals surface area contributed by atoms with E-state index in [2.05, 4.69) is 14.8 Å². The summed E-state index contributed by atoms with van der Waals surface area (Å²) in [4.78, 5) is 38.2. The van der Waals surface area contributed by atoms with E-state index in [0.717, 1.165) is 43.0 Å². The number of sulfonamides is 1. The van der Waals surface area contributed by atoms with Crippen molar-refractivity contribution < 1.29 is 41.7 Å². The summed E-state index contributed by atoms with van der Waals surface area (Å²) in [6.45, 7) is 3.94. The molecule has 2 amide bonds. The second-order valence-corrected chi connectivity index (χ2v) is 14.7. The molecular weight excluding hydrogens is 693 g/mol. The summed E-state index contributed by atoms with van der Waals surface area (Å²) < 4.78 is 62.6. The van der Waals surface area contributed by atoms with Crippen molar-refractivity contribution in [3.05, 3.63) is 70.6 Å². The van der Waals surface area contributed by atoms with Crippen LogP contribution in [0.4, 0.5) is 14.9 Å². The van der Waals surface area contributed by atoms with Crippen molar-refractivity contribution >= 4 is 39.3 Å². The third-order valence-electron chi connectivity index (χ3n) is 9.93. The molecule has 268 valence electrons. The van der Waals surface area contributed by atoms with E-state index in [1.165, 1.54) is 38.6 Å². The van der Waals surface area contributed by atoms with E-state index in [1.54, 1.807) is 19.1 Å². The second-order valence-electron chi connectivity index (χ2n) is 12.5. The molecule has 2 atom stereocenters. The van der Waals surface area contributed by atoms with Crippen LogP contribution in [0.1, 0.15) is 30.9 Å². The van der Waals surface area contributed by atoms with Gasteiger partial charge in [0.25, 0.3) is 15.9 Å². The van der Waals surface area contributed by atoms with Gasteiger partial charge in [0.05, 0.1) is 37.6 Å². The maximum atomic E-state index is 15.7. The van der Waals surface area contributed by atoms with Crippen molar-refractivity contribution in [3.63, 3.8) is 0 Å². The third kappa shape index (κ3) is 5.79. The van der Waals surface area contributed by atoms with Crippen LogP contribution in [0.15, 0.2) is 53.6 Å². The van der Waals surface area contributed by atoms with Gasteiger partial charge >= 0.3 is 6.09 Å². The lowest BCUT2D eigenvalue weighted by Crippen LogP contribution is -2.67. The van der Waals surface area contributed by atoms with E-state index in [-0.39, 0.29) is 59.1 Å². The number of carboxylic acid groups (broad SMARTS) is 1. The SMILES string of the molecule is CCOc1ncccc1C1(C2CN(C3CCN(C)CC3)CCN2C(=O)O)C(=O)N(S(=O)(=O)c2ccc(OC)cc2OC)c2cc(Cl)c(F)cc21. The van der Waals surface area contributed by atoms with E-state index in [0.29, 0.717) is 16.6 Å². The predicted octanol–water partition coefficient (Wildman–Crippen LogP) is 4.07. The van der Waals surface area contributed by atoms with Gasteiger partial charge in [0.15, 0.2) is 0 Å². The van der Waals surface area contributed by atoms with Gasteiger partial charge in [-0.25, -0.2) is 26.9 Å². The zero-order chi connectivity index (χ0) is 36.0. The second kappa shape index (κ2) is 13.9. The zero-order valence-electron chi connectivity index (χ0n) is 28.1. The fraction of sp³-hybridized carbons (Fsp3) is 0.441. The van der Waals surface area contributed by atoms with Gasteiger partial charge in [0.2, 0.25) is 5.88 Å². The van der Waals surface area contributed by atoms with Crippen LogP contribution in [-0.2, 0) is 20.2 Å². The Morgan fingerprint density at radius 2 is 1.82 bits per heavy atom. The number of hydrogen-bond acceptors (Lipinski definition) is 10. The molecule has 1 N–H and O–H groups in total. The maximum absolute atomic E-state index is 15.7. The Bertz CT molecular complexity index is 1910. The smallest absolute Gasteiger partial charge is 0.407 e. The molecule has 0 radical (unpaired) electrons. The van der Waals surface area contributed by atoms with Gasteiger partial charge in [-0.3, -0.25) is 9.69 Å². The number of piperazine rings is 1. The van der Waals surface area contributed by atoms with Crippen molar-refractivity contribution in [2.75, 3.05) is 64.9 Å². The predicted molar refractivity (Wildman–Crippen MR) is 182 cm³/mol. The number of rotatable bonds is 9. The molecule has 2 aromatic carbocycles. The number of ether oxygens (including phenoxy) is 3. The molecular formula is C34H39ClFN5O8S. The number of hydrogen-bond donors (Lipinski definition) is 1. The number of carbonyl (C=O) groups is 2. The average Bonchev–Trinajstić information content (AvgIpc) is 3.36. The number of benzene rings is 2. The Hall–Kier alpha value is -4.18. The lowest BCUT2D eigenvalue weighted by Gasteiger charge is -2.50. The Morgan fingerprint density at radius 1 is 1.08 bits per heavy atom. The third-order valence-corrected chi connectivity index (χ3v) is 12.0. The molecule has 3 aliphatic rings. The first-order valence-corrected chi connectivity index (χ1v) is 18.0. The molecule has 1 aromatic heterocycles. The summed E-state index contributed by atoms with van der Waals surface area (Å²) in [7, 11) is -0.123. The quantitative estimate of drug-likeness (QED) is 0.341. The van der Waals surface area contributed by atoms with Crippen molar-refractivity contribution in [2.45, 2.75) is 42.2 Å². The first-order chi connectivity index (χ1) is 23.9. The van der Waals surface area contributed by atoms with Gasteiger partial charge in [-0.05, 0) is 70.2 Å². The molecule has 0 spiro atoms. The summed E-state index contributed by atoms with van der Waals surface area (Å²) in [5.74, 6) is -1.79. The highest BCUT2D eigenvalue weighted by Crippen LogP contribution is 2.55. The van der Waals surface area contributed by atoms with E-state index < -0.39 is 44.3 Å². The zero-order valence-corrected chi connectivity index (χ0v) is 29.7. The van der Waals surface area contributed by atoms with Crippen LogP contribution in [0.25, 0.3) is 0 Å². The Labute approximate surface area is 295 Å². The summed E-state index contributed by atoms with van der Waals surface area (Å²) >= 11 is 6.32. The minimum absolute atomic E-state index is 0.00998. The topological polar surface area (TPSA) is 142 Å². The van der Waals surface area contributed by atoms with Gasteiger partial charge in [0.1, 0.15) is 27.6 Å². The van der Waals surface area contributed by atoms with E-state index in [4.69, 9.17) is 25.8 Å². The van der Waals surface area contributed by atoms with Gasteiger partial charge in [-0.2, -0.15) is 0 Å². The van der Waals surface area contributed by atoms with Crippen LogP contribution >= 0.6 is 11.6 Å². The number of aromatic nitrogens is 1. The van der Waals surface area contributed by atoms with Crippen LogP contribution in [0.5, 0.6) is 17.4 Å². The van der Waals surface area contributed by atoms with Crippen molar-refractivity contribution in [2.24, 2.45) is 0 Å². The largest absolute Gasteiger partial charge is 0.497 e. The maximum Gasteiger partial charge on any atom is 0.407 e. The molecule has 2 fully saturated rings. The van der Waals surface area contributed by atoms with Crippen LogP contribution in [0.3, 0.4) is 0 Å². The van der Waals surface area contributed by atoms with Gasteiger partial charge in [-0.1, -0.05) is 17.7 Å². The number of amides is 2. The lowest BCUT2D eigenvalue weighted by molar-refractivity contribution is -0.124. The molecule has 2 saturated heterocycles. The molecule has 0 bridgehead atoms. The molecule has 13 nitrogen and oxygen atoms in total. The highest BCUT2D eigenvalue weighted by atomic mass is 35.5. The number of nitrogens with zero attached hydrogens (tertiary/aromatic N) is 5. The van der Waals surface area contributed by atoms with Crippen LogP contribution in [-0.4, -0.2) is 118 Å². The average molecular weight is 732 g/mol. The van der Waals surface area contributed by atoms with Crippen LogP contribution < -0.4 is 18.5 Å². The van der Waals surface area contributed by atoms with Crippen molar-refractivity contribution in [1.82, 2.24) is 19.7 Å². The number of piperidine rings is 1. The minimum Gasteiger partial charge on any atom is -0.497 e. The Kier molecular flexibility index (Phi) is 9.87. The molecule has 0 saturated carbocycles. The fourth-order valence-electron chi connectivity index (χ4n) is 7.53. The lowest BCUT2D eigenvalue weighted by atomic mass is 9.68. The first-order valence-electron chi connectivity index (χ1n) is 16.2. The highest BCUT2D eigenvalue weighted by Gasteiger charge is 2.64. The fourth-order valence-corrected chi connectivity index (χ4v) is 9.29. The summed E-state index contributed by atoms with van der Waals surface area (Å²) in [5, 5.41) is 10.2. The Morgan fingerprint density at radius 3 is 2.48 bits per heavy atom. The number of fused-ring (bicyclic) bond motifs is 1. The number of carbonyl (C=O) groups excluding carboxylic acids is 1. The van der Waals surface area contributed by atoms with Crippen molar-refractivity contribution in [1.29, 1.82) is 0 Å². The van der Waals surface area contributed by atoms with Gasteiger partial charge in [0, 0.05) is 49.1 Å². The van der Waals surface area contributed by atoms with Crippen LogP contribution in [0, 0.1) is 5.82 Å². The summed E-state index contributed by atoms with van der Waals surface area (Å²) in [5.41, 5.74) is -2.38. The van der Waals surface area contributed by atoms with E-state index >= 15 is 9.18 Å². The molecule has 4 heterocycles. The minimum atomic E-state index is -4.84. The van der Waals surface area contributed by atoms with Crippen molar-refractivity contribution in [3.8, 4) is 17.4 Å². The molecule has 16 heteroatoms. The van der Waals surface area contributed by atoms with E-state index in [1.807, 2.05) is 7.05 Å². The monoisotopic (exact) mass is 731 g/mol. The van der Waals surface area contributed by atoms with Gasteiger partial charge in [-0.15, -0.1) is 0 Å². The number of halogens is 2. The first kappa shape index (κ1) is 35.6. The molecule has 50 heavy (non-hydrogen) atoms. The van der Waals surface area contributed by atoms with E-state index in [9.17, 15) is 18.3 Å².